The molecular formula is C20H16ClN3O6. The van der Waals surface area contributed by atoms with Crippen LogP contribution in [0.4, 0.5) is 11.4 Å². The minimum Gasteiger partial charge on any atom is -0.444 e. The number of aromatic nitrogens is 1. The quantitative estimate of drug-likeness (QED) is 0.350. The Morgan fingerprint density at radius 1 is 1.20 bits per heavy atom. The third-order valence-corrected chi connectivity index (χ3v) is 4.53. The molecule has 1 heterocycles. The highest BCUT2D eigenvalue weighted by Gasteiger charge is 2.29. The van der Waals surface area contributed by atoms with E-state index in [-0.39, 0.29) is 27.7 Å². The van der Waals surface area contributed by atoms with E-state index in [1.807, 2.05) is 0 Å². The topological polar surface area (TPSA) is 125 Å². The normalized spacial score (nSPS) is 11.6. The van der Waals surface area contributed by atoms with Gasteiger partial charge in [-0.25, -0.2) is 4.79 Å². The summed E-state index contributed by atoms with van der Waals surface area (Å²) in [6.07, 6.45) is -1.32. The van der Waals surface area contributed by atoms with Crippen molar-refractivity contribution in [2.75, 3.05) is 5.32 Å². The van der Waals surface area contributed by atoms with Crippen molar-refractivity contribution in [2.45, 2.75) is 20.0 Å². The van der Waals surface area contributed by atoms with Crippen molar-refractivity contribution in [3.05, 3.63) is 86.2 Å². The molecule has 0 saturated carbocycles. The van der Waals surface area contributed by atoms with E-state index in [1.54, 1.807) is 44.2 Å². The molecular weight excluding hydrogens is 414 g/mol. The van der Waals surface area contributed by atoms with Gasteiger partial charge in [0.25, 0.3) is 11.6 Å². The zero-order valence-electron chi connectivity index (χ0n) is 15.9. The lowest BCUT2D eigenvalue weighted by atomic mass is 10.1. The fourth-order valence-corrected chi connectivity index (χ4v) is 2.97. The Bertz CT molecular complexity index is 1090. The number of amides is 1. The number of benzene rings is 2. The van der Waals surface area contributed by atoms with Crippen LogP contribution in [0.25, 0.3) is 0 Å². The van der Waals surface area contributed by atoms with Crippen LogP contribution in [0.3, 0.4) is 0 Å². The first-order chi connectivity index (χ1) is 14.3. The molecule has 0 aliphatic carbocycles. The van der Waals surface area contributed by atoms with E-state index in [1.165, 1.54) is 12.1 Å². The predicted molar refractivity (Wildman–Crippen MR) is 107 cm³/mol. The highest BCUT2D eigenvalue weighted by molar-refractivity contribution is 6.32. The number of hydrogen-bond acceptors (Lipinski definition) is 7. The van der Waals surface area contributed by atoms with Crippen molar-refractivity contribution in [2.24, 2.45) is 0 Å². The van der Waals surface area contributed by atoms with Crippen LogP contribution in [0.15, 0.2) is 53.1 Å². The lowest BCUT2D eigenvalue weighted by Crippen LogP contribution is -2.26. The molecule has 1 aromatic heterocycles. The maximum Gasteiger partial charge on any atom is 0.344 e. The number of esters is 1. The van der Waals surface area contributed by atoms with Gasteiger partial charge in [-0.15, -0.1) is 0 Å². The Morgan fingerprint density at radius 2 is 1.90 bits per heavy atom. The Kier molecular flexibility index (Phi) is 6.12. The molecule has 0 bridgehead atoms. The van der Waals surface area contributed by atoms with Crippen LogP contribution >= 0.6 is 11.6 Å². The summed E-state index contributed by atoms with van der Waals surface area (Å²) in [6.45, 7) is 3.14. The lowest BCUT2D eigenvalue weighted by Gasteiger charge is -2.18. The lowest BCUT2D eigenvalue weighted by molar-refractivity contribution is -0.384. The molecule has 30 heavy (non-hydrogen) atoms. The second-order valence-corrected chi connectivity index (χ2v) is 6.71. The molecule has 0 saturated heterocycles. The Hall–Kier alpha value is -3.72. The van der Waals surface area contributed by atoms with Crippen LogP contribution in [0, 0.1) is 24.0 Å². The van der Waals surface area contributed by atoms with E-state index >= 15 is 0 Å². The molecule has 0 spiro atoms. The van der Waals surface area contributed by atoms with Crippen molar-refractivity contribution < 1.29 is 23.8 Å². The van der Waals surface area contributed by atoms with Gasteiger partial charge in [-0.1, -0.05) is 47.1 Å². The summed E-state index contributed by atoms with van der Waals surface area (Å²) in [5.74, 6) is -1.21. The first-order valence-electron chi connectivity index (χ1n) is 8.71. The Labute approximate surface area is 175 Å². The van der Waals surface area contributed by atoms with Gasteiger partial charge in [0, 0.05) is 17.3 Å². The first kappa shape index (κ1) is 21.0. The number of nitro benzene ring substituents is 1. The molecule has 2 aromatic carbocycles. The smallest absolute Gasteiger partial charge is 0.344 e. The van der Waals surface area contributed by atoms with Crippen LogP contribution < -0.4 is 5.32 Å². The van der Waals surface area contributed by atoms with Crippen molar-refractivity contribution in [3.8, 4) is 0 Å². The highest BCUT2D eigenvalue weighted by Crippen LogP contribution is 2.29. The Morgan fingerprint density at radius 3 is 2.50 bits per heavy atom. The molecule has 0 unspecified atom stereocenters. The number of anilines is 1. The third kappa shape index (κ3) is 4.47. The zero-order valence-corrected chi connectivity index (χ0v) is 16.7. The first-order valence-corrected chi connectivity index (χ1v) is 9.09. The number of nitrogens with zero attached hydrogens (tertiary/aromatic N) is 2. The maximum atomic E-state index is 12.9. The summed E-state index contributed by atoms with van der Waals surface area (Å²) < 4.78 is 10.4. The summed E-state index contributed by atoms with van der Waals surface area (Å²) in [7, 11) is 0. The third-order valence-electron chi connectivity index (χ3n) is 4.21. The number of carbonyl (C=O) groups excluding carboxylic acids is 2. The van der Waals surface area contributed by atoms with Gasteiger partial charge in [0.2, 0.25) is 6.10 Å². The number of rotatable bonds is 6. The van der Waals surface area contributed by atoms with Crippen LogP contribution in [0.2, 0.25) is 5.02 Å². The van der Waals surface area contributed by atoms with Crippen LogP contribution in [0.5, 0.6) is 0 Å². The highest BCUT2D eigenvalue weighted by atomic mass is 35.5. The van der Waals surface area contributed by atoms with Gasteiger partial charge in [0.05, 0.1) is 10.6 Å². The van der Waals surface area contributed by atoms with Gasteiger partial charge in [0.15, 0.2) is 0 Å². The van der Waals surface area contributed by atoms with Gasteiger partial charge >= 0.3 is 5.97 Å². The minimum absolute atomic E-state index is 0.0672. The largest absolute Gasteiger partial charge is 0.444 e. The maximum absolute atomic E-state index is 12.9. The van der Waals surface area contributed by atoms with E-state index in [0.717, 1.165) is 6.07 Å². The van der Waals surface area contributed by atoms with Gasteiger partial charge in [0.1, 0.15) is 16.3 Å². The zero-order chi connectivity index (χ0) is 21.8. The minimum atomic E-state index is -1.32. The molecule has 0 aliphatic heterocycles. The predicted octanol–water partition coefficient (Wildman–Crippen LogP) is 4.39. The Balaban J connectivity index is 1.89. The number of halogens is 1. The molecule has 1 atom stereocenters. The van der Waals surface area contributed by atoms with Gasteiger partial charge in [-0.2, -0.15) is 0 Å². The average Bonchev–Trinajstić information content (AvgIpc) is 3.06. The molecule has 0 fully saturated rings. The summed E-state index contributed by atoms with van der Waals surface area (Å²) in [6, 6.07) is 12.2. The molecule has 1 amide bonds. The van der Waals surface area contributed by atoms with Crippen molar-refractivity contribution in [1.82, 2.24) is 5.16 Å². The van der Waals surface area contributed by atoms with E-state index in [4.69, 9.17) is 20.9 Å². The van der Waals surface area contributed by atoms with Crippen LogP contribution in [-0.4, -0.2) is 22.0 Å². The number of aryl methyl sites for hydroxylation is 2. The standard InChI is InChI=1S/C20H16ClN3O6/c1-11-17(12(2)30-23-11)20(26)29-18(13-6-4-3-5-7-13)19(25)22-14-8-9-15(21)16(10-14)24(27)28/h3-10,18H,1-2H3,(H,22,25)/t18-/m0/s1. The molecule has 0 radical (unpaired) electrons. The van der Waals surface area contributed by atoms with Crippen molar-refractivity contribution in [1.29, 1.82) is 0 Å². The molecule has 3 aromatic rings. The fraction of sp³-hybridized carbons (Fsp3) is 0.150. The fourth-order valence-electron chi connectivity index (χ4n) is 2.78. The van der Waals surface area contributed by atoms with Crippen LogP contribution in [-0.2, 0) is 9.53 Å². The number of nitrogens with one attached hydrogen (secondary N) is 1. The van der Waals surface area contributed by atoms with E-state index < -0.39 is 22.9 Å². The number of hydrogen-bond donors (Lipinski definition) is 1. The number of ether oxygens (including phenoxy) is 1. The number of carbonyl (C=O) groups is 2. The second-order valence-electron chi connectivity index (χ2n) is 6.31. The van der Waals surface area contributed by atoms with Crippen molar-refractivity contribution >= 4 is 34.9 Å². The molecule has 154 valence electrons. The summed E-state index contributed by atoms with van der Waals surface area (Å²) in [5, 5.41) is 17.2. The van der Waals surface area contributed by atoms with E-state index in [9.17, 15) is 19.7 Å². The van der Waals surface area contributed by atoms with Gasteiger partial charge < -0.3 is 14.6 Å². The summed E-state index contributed by atoms with van der Waals surface area (Å²) in [4.78, 5) is 36.0. The van der Waals surface area contributed by atoms with Gasteiger partial charge in [-0.3, -0.25) is 14.9 Å². The van der Waals surface area contributed by atoms with E-state index in [2.05, 4.69) is 10.5 Å². The summed E-state index contributed by atoms with van der Waals surface area (Å²) >= 11 is 5.80. The molecule has 0 aliphatic rings. The van der Waals surface area contributed by atoms with Crippen molar-refractivity contribution in [3.63, 3.8) is 0 Å². The molecule has 3 rings (SSSR count). The summed E-state index contributed by atoms with van der Waals surface area (Å²) in [5.41, 5.74) is 0.645. The monoisotopic (exact) mass is 429 g/mol. The number of nitro groups is 1. The molecule has 1 N–H and O–H groups in total. The SMILES string of the molecule is Cc1noc(C)c1C(=O)O[C@H](C(=O)Nc1ccc(Cl)c([N+](=O)[O-])c1)c1ccccc1. The molecule has 10 heteroatoms. The average molecular weight is 430 g/mol. The molecule has 9 nitrogen and oxygen atoms in total. The van der Waals surface area contributed by atoms with Crippen LogP contribution in [0.1, 0.15) is 33.5 Å². The van der Waals surface area contributed by atoms with Gasteiger partial charge in [-0.05, 0) is 26.0 Å². The van der Waals surface area contributed by atoms with E-state index in [0.29, 0.717) is 11.3 Å². The second kappa shape index (κ2) is 8.75.